The Labute approximate surface area is 198 Å². The second-order valence-electron chi connectivity index (χ2n) is 8.22. The second kappa shape index (κ2) is 10.2. The molecule has 0 bridgehead atoms. The van der Waals surface area contributed by atoms with Gasteiger partial charge in [0.1, 0.15) is 16.3 Å². The number of nitrogens with zero attached hydrogens (tertiary/aromatic N) is 2. The number of carbonyl (C=O) groups is 2. The van der Waals surface area contributed by atoms with Crippen LogP contribution in [0.5, 0.6) is 0 Å². The lowest BCUT2D eigenvalue weighted by molar-refractivity contribution is -0.138. The second-order valence-corrected chi connectivity index (χ2v) is 9.92. The van der Waals surface area contributed by atoms with Crippen molar-refractivity contribution < 1.29 is 19.4 Å². The van der Waals surface area contributed by atoms with Crippen LogP contribution in [-0.4, -0.2) is 45.0 Å². The highest BCUT2D eigenvalue weighted by molar-refractivity contribution is 8.01. The number of amides is 1. The van der Waals surface area contributed by atoms with Gasteiger partial charge in [-0.15, -0.1) is 11.8 Å². The first-order valence-electron chi connectivity index (χ1n) is 10.6. The number of aromatic nitrogens is 2. The van der Waals surface area contributed by atoms with Gasteiger partial charge in [-0.1, -0.05) is 30.3 Å². The van der Waals surface area contributed by atoms with Gasteiger partial charge in [0.15, 0.2) is 0 Å². The molecule has 1 amide bonds. The highest BCUT2D eigenvalue weighted by Crippen LogP contribution is 2.34. The summed E-state index contributed by atoms with van der Waals surface area (Å²) in [5, 5.41) is 12.3. The zero-order chi connectivity index (χ0) is 24.2. The van der Waals surface area contributed by atoms with Crippen LogP contribution in [-0.2, 0) is 16.1 Å². The Morgan fingerprint density at radius 3 is 2.39 bits per heavy atom. The van der Waals surface area contributed by atoms with Gasteiger partial charge in [-0.3, -0.25) is 9.59 Å². The van der Waals surface area contributed by atoms with Crippen LogP contribution in [0.25, 0.3) is 11.4 Å². The maximum atomic E-state index is 13.1. The summed E-state index contributed by atoms with van der Waals surface area (Å²) in [5.74, 6) is -0.477. The van der Waals surface area contributed by atoms with Crippen molar-refractivity contribution in [3.63, 3.8) is 0 Å². The fourth-order valence-corrected chi connectivity index (χ4v) is 4.28. The van der Waals surface area contributed by atoms with E-state index in [-0.39, 0.29) is 5.91 Å². The number of methoxy groups -OCH3 is 1. The van der Waals surface area contributed by atoms with Crippen LogP contribution in [0.1, 0.15) is 35.6 Å². The third-order valence-electron chi connectivity index (χ3n) is 5.35. The predicted octanol–water partition coefficient (Wildman–Crippen LogP) is 5.02. The molecule has 1 aromatic heterocycles. The summed E-state index contributed by atoms with van der Waals surface area (Å²) in [6, 6.07) is 15.2. The molecule has 0 radical (unpaired) electrons. The van der Waals surface area contributed by atoms with E-state index in [2.05, 4.69) is 10.3 Å². The van der Waals surface area contributed by atoms with Crippen LogP contribution in [0.15, 0.2) is 53.4 Å². The molecule has 2 aromatic carbocycles. The van der Waals surface area contributed by atoms with E-state index in [1.54, 1.807) is 21.0 Å². The quantitative estimate of drug-likeness (QED) is 0.429. The molecule has 2 N–H and O–H groups in total. The molecule has 7 nitrogen and oxygen atoms in total. The summed E-state index contributed by atoms with van der Waals surface area (Å²) in [6.07, 6.45) is 0. The zero-order valence-electron chi connectivity index (χ0n) is 19.5. The molecule has 0 spiro atoms. The van der Waals surface area contributed by atoms with Gasteiger partial charge in [0.2, 0.25) is 0 Å². The van der Waals surface area contributed by atoms with Crippen molar-refractivity contribution in [2.24, 2.45) is 0 Å². The van der Waals surface area contributed by atoms with Gasteiger partial charge in [0, 0.05) is 35.5 Å². The third-order valence-corrected chi connectivity index (χ3v) is 6.54. The third kappa shape index (κ3) is 5.64. The number of hydrogen-bond donors (Lipinski definition) is 2. The number of benzene rings is 2. The molecular formula is C25H29N3O4S. The van der Waals surface area contributed by atoms with Crippen LogP contribution in [0, 0.1) is 13.8 Å². The lowest BCUT2D eigenvalue weighted by atomic mass is 10.2. The number of aryl methyl sites for hydroxylation is 1. The van der Waals surface area contributed by atoms with E-state index >= 15 is 0 Å². The number of para-hydroxylation sites is 1. The number of imidazole rings is 1. The monoisotopic (exact) mass is 467 g/mol. The van der Waals surface area contributed by atoms with Crippen molar-refractivity contribution >= 4 is 29.3 Å². The van der Waals surface area contributed by atoms with Crippen molar-refractivity contribution in [1.29, 1.82) is 0 Å². The van der Waals surface area contributed by atoms with E-state index in [9.17, 15) is 14.7 Å². The number of ether oxygens (including phenoxy) is 1. The Morgan fingerprint density at radius 1 is 1.12 bits per heavy atom. The molecule has 0 aliphatic heterocycles. The predicted molar refractivity (Wildman–Crippen MR) is 131 cm³/mol. The number of carboxylic acids is 1. The smallest absolute Gasteiger partial charge is 0.319 e. The van der Waals surface area contributed by atoms with Gasteiger partial charge in [-0.05, 0) is 51.5 Å². The van der Waals surface area contributed by atoms with E-state index in [0.29, 0.717) is 24.7 Å². The first-order chi connectivity index (χ1) is 15.6. The number of carboxylic acid groups (broad SMARTS) is 1. The molecule has 0 atom stereocenters. The fraction of sp³-hybridized carbons (Fsp3) is 0.320. The molecular weight excluding hydrogens is 438 g/mol. The van der Waals surface area contributed by atoms with E-state index in [4.69, 9.17) is 4.74 Å². The van der Waals surface area contributed by atoms with Gasteiger partial charge in [-0.25, -0.2) is 4.98 Å². The molecule has 0 unspecified atom stereocenters. The number of anilines is 1. The molecule has 33 heavy (non-hydrogen) atoms. The molecule has 0 aliphatic carbocycles. The van der Waals surface area contributed by atoms with Crippen molar-refractivity contribution in [3.8, 4) is 11.4 Å². The highest BCUT2D eigenvalue weighted by atomic mass is 32.2. The maximum absolute atomic E-state index is 13.1. The van der Waals surface area contributed by atoms with Crippen LogP contribution in [0.2, 0.25) is 0 Å². The molecule has 8 heteroatoms. The van der Waals surface area contributed by atoms with Crippen molar-refractivity contribution in [2.75, 3.05) is 19.0 Å². The van der Waals surface area contributed by atoms with Crippen LogP contribution in [0.3, 0.4) is 0 Å². The minimum absolute atomic E-state index is 0.269. The van der Waals surface area contributed by atoms with E-state index in [0.717, 1.165) is 27.4 Å². The van der Waals surface area contributed by atoms with Gasteiger partial charge in [-0.2, -0.15) is 0 Å². The number of nitrogens with one attached hydrogen (secondary N) is 1. The Morgan fingerprint density at radius 2 is 1.79 bits per heavy atom. The van der Waals surface area contributed by atoms with Crippen LogP contribution in [0.4, 0.5) is 5.69 Å². The van der Waals surface area contributed by atoms with E-state index in [1.165, 1.54) is 11.8 Å². The topological polar surface area (TPSA) is 93.4 Å². The van der Waals surface area contributed by atoms with Gasteiger partial charge in [0.05, 0.1) is 6.61 Å². The Hall–Kier alpha value is -3.10. The van der Waals surface area contributed by atoms with Gasteiger partial charge >= 0.3 is 5.97 Å². The summed E-state index contributed by atoms with van der Waals surface area (Å²) in [5.41, 5.74) is 3.66. The summed E-state index contributed by atoms with van der Waals surface area (Å²) < 4.78 is 6.30. The van der Waals surface area contributed by atoms with Crippen molar-refractivity contribution in [3.05, 3.63) is 65.5 Å². The molecule has 3 rings (SSSR count). The fourth-order valence-electron chi connectivity index (χ4n) is 3.33. The number of aliphatic carboxylic acids is 1. The Kier molecular flexibility index (Phi) is 7.61. The number of rotatable bonds is 9. The molecule has 1 heterocycles. The molecule has 0 fully saturated rings. The SMILES string of the molecule is COCCn1c(-c2ccc(SC(C)(C)C(=O)O)cc2)nc(C(=O)Nc2ccccc2C)c1C. The molecule has 0 saturated heterocycles. The summed E-state index contributed by atoms with van der Waals surface area (Å²) in [6.45, 7) is 8.19. The van der Waals surface area contributed by atoms with Gasteiger partial charge in [0.25, 0.3) is 5.91 Å². The molecule has 3 aromatic rings. The Balaban J connectivity index is 1.93. The normalized spacial score (nSPS) is 11.4. The van der Waals surface area contributed by atoms with Gasteiger partial charge < -0.3 is 19.7 Å². The first kappa shape index (κ1) is 24.5. The maximum Gasteiger partial charge on any atom is 0.319 e. The minimum atomic E-state index is -0.935. The van der Waals surface area contributed by atoms with Crippen molar-refractivity contribution in [2.45, 2.75) is 43.9 Å². The minimum Gasteiger partial charge on any atom is -0.480 e. The standard InChI is InChI=1S/C25H29N3O4S/c1-16-8-6-7-9-20(16)26-23(29)21-17(2)28(14-15-32-5)22(27-21)18-10-12-19(13-11-18)33-25(3,4)24(30)31/h6-13H,14-15H2,1-5H3,(H,26,29)(H,30,31). The van der Waals surface area contributed by atoms with Crippen molar-refractivity contribution in [1.82, 2.24) is 9.55 Å². The summed E-state index contributed by atoms with van der Waals surface area (Å²) >= 11 is 1.28. The summed E-state index contributed by atoms with van der Waals surface area (Å²) in [7, 11) is 1.63. The van der Waals surface area contributed by atoms with Crippen LogP contribution >= 0.6 is 11.8 Å². The molecule has 0 aliphatic rings. The highest BCUT2D eigenvalue weighted by Gasteiger charge is 2.28. The largest absolute Gasteiger partial charge is 0.480 e. The average Bonchev–Trinajstić information content (AvgIpc) is 3.10. The number of thioether (sulfide) groups is 1. The number of hydrogen-bond acceptors (Lipinski definition) is 5. The molecule has 0 saturated carbocycles. The zero-order valence-corrected chi connectivity index (χ0v) is 20.3. The average molecular weight is 468 g/mol. The van der Waals surface area contributed by atoms with E-state index in [1.807, 2.05) is 66.9 Å². The lowest BCUT2D eigenvalue weighted by Crippen LogP contribution is -2.26. The number of carbonyl (C=O) groups excluding carboxylic acids is 1. The van der Waals surface area contributed by atoms with Crippen LogP contribution < -0.4 is 5.32 Å². The first-order valence-corrected chi connectivity index (χ1v) is 11.4. The Bertz CT molecular complexity index is 1150. The lowest BCUT2D eigenvalue weighted by Gasteiger charge is -2.18. The summed E-state index contributed by atoms with van der Waals surface area (Å²) in [4.78, 5) is 30.0. The van der Waals surface area contributed by atoms with E-state index < -0.39 is 10.7 Å². The molecule has 174 valence electrons.